The van der Waals surface area contributed by atoms with Crippen molar-refractivity contribution in [2.24, 2.45) is 4.99 Å². The number of halogens is 1. The van der Waals surface area contributed by atoms with Crippen LogP contribution in [0.4, 0.5) is 5.69 Å². The SMILES string of the molecule is CCNC(=NCc1ccc(N2CCNC(=O)C2)cc1)NCCn1cccc1.I. The normalized spacial score (nSPS) is 14.2. The maximum Gasteiger partial charge on any atom is 0.239 e. The van der Waals surface area contributed by atoms with E-state index in [1.807, 2.05) is 12.1 Å². The minimum Gasteiger partial charge on any atom is -0.360 e. The first-order valence-electron chi connectivity index (χ1n) is 9.48. The van der Waals surface area contributed by atoms with Crippen LogP contribution in [0.15, 0.2) is 53.8 Å². The Balaban J connectivity index is 0.00000280. The van der Waals surface area contributed by atoms with Crippen molar-refractivity contribution in [1.29, 1.82) is 0 Å². The molecule has 1 aromatic heterocycles. The van der Waals surface area contributed by atoms with Crippen molar-refractivity contribution in [3.05, 3.63) is 54.4 Å². The molecule has 0 atom stereocenters. The molecule has 8 heteroatoms. The maximum absolute atomic E-state index is 11.5. The molecule has 0 spiro atoms. The van der Waals surface area contributed by atoms with Crippen LogP contribution in [0, 0.1) is 0 Å². The van der Waals surface area contributed by atoms with Crippen molar-refractivity contribution in [1.82, 2.24) is 20.5 Å². The average molecular weight is 496 g/mol. The fourth-order valence-electron chi connectivity index (χ4n) is 3.01. The second-order valence-electron chi connectivity index (χ2n) is 6.48. The molecule has 1 fully saturated rings. The number of hydrogen-bond donors (Lipinski definition) is 3. The number of nitrogens with zero attached hydrogens (tertiary/aromatic N) is 3. The fourth-order valence-corrected chi connectivity index (χ4v) is 3.01. The van der Waals surface area contributed by atoms with E-state index < -0.39 is 0 Å². The van der Waals surface area contributed by atoms with Gasteiger partial charge in [0.15, 0.2) is 5.96 Å². The number of aliphatic imine (C=N–C) groups is 1. The maximum atomic E-state index is 11.5. The first-order valence-corrected chi connectivity index (χ1v) is 9.48. The lowest BCUT2D eigenvalue weighted by Gasteiger charge is -2.28. The Hall–Kier alpha value is -2.23. The molecule has 28 heavy (non-hydrogen) atoms. The van der Waals surface area contributed by atoms with Gasteiger partial charge in [-0.25, -0.2) is 4.99 Å². The van der Waals surface area contributed by atoms with Crippen molar-refractivity contribution in [3.63, 3.8) is 0 Å². The molecule has 3 N–H and O–H groups in total. The largest absolute Gasteiger partial charge is 0.360 e. The second-order valence-corrected chi connectivity index (χ2v) is 6.48. The lowest BCUT2D eigenvalue weighted by Crippen LogP contribution is -2.47. The summed E-state index contributed by atoms with van der Waals surface area (Å²) in [6.45, 7) is 7.18. The molecule has 1 aliphatic heterocycles. The Bertz CT molecular complexity index is 745. The zero-order valence-corrected chi connectivity index (χ0v) is 18.6. The predicted molar refractivity (Wildman–Crippen MR) is 124 cm³/mol. The third-order valence-electron chi connectivity index (χ3n) is 4.43. The minimum absolute atomic E-state index is 0. The van der Waals surface area contributed by atoms with E-state index in [-0.39, 0.29) is 29.9 Å². The monoisotopic (exact) mass is 496 g/mol. The molecular weight excluding hydrogens is 467 g/mol. The van der Waals surface area contributed by atoms with Crippen LogP contribution in [-0.4, -0.2) is 49.2 Å². The zero-order valence-electron chi connectivity index (χ0n) is 16.2. The number of aromatic nitrogens is 1. The summed E-state index contributed by atoms with van der Waals surface area (Å²) in [5.41, 5.74) is 2.22. The highest BCUT2D eigenvalue weighted by Crippen LogP contribution is 2.16. The lowest BCUT2D eigenvalue weighted by atomic mass is 10.2. The van der Waals surface area contributed by atoms with Gasteiger partial charge in [-0.1, -0.05) is 12.1 Å². The Labute approximate surface area is 183 Å². The van der Waals surface area contributed by atoms with Crippen molar-refractivity contribution in [2.45, 2.75) is 20.0 Å². The quantitative estimate of drug-likeness (QED) is 0.311. The number of hydrogen-bond acceptors (Lipinski definition) is 3. The van der Waals surface area contributed by atoms with Gasteiger partial charge in [-0.15, -0.1) is 24.0 Å². The van der Waals surface area contributed by atoms with E-state index in [1.54, 1.807) is 0 Å². The molecule has 1 aliphatic rings. The summed E-state index contributed by atoms with van der Waals surface area (Å²) >= 11 is 0. The Morgan fingerprint density at radius 2 is 1.93 bits per heavy atom. The minimum atomic E-state index is 0. The number of nitrogens with one attached hydrogen (secondary N) is 3. The molecule has 0 aliphatic carbocycles. The van der Waals surface area contributed by atoms with Crippen LogP contribution in [0.5, 0.6) is 0 Å². The van der Waals surface area contributed by atoms with E-state index in [9.17, 15) is 4.79 Å². The first-order chi connectivity index (χ1) is 13.2. The van der Waals surface area contributed by atoms with Crippen molar-refractivity contribution >= 4 is 41.5 Å². The van der Waals surface area contributed by atoms with Crippen LogP contribution in [0.2, 0.25) is 0 Å². The zero-order chi connectivity index (χ0) is 18.9. The number of rotatable bonds is 7. The van der Waals surface area contributed by atoms with Crippen LogP contribution in [0.1, 0.15) is 12.5 Å². The Morgan fingerprint density at radius 1 is 1.18 bits per heavy atom. The molecule has 0 radical (unpaired) electrons. The molecule has 3 rings (SSSR count). The third kappa shape index (κ3) is 6.74. The van der Waals surface area contributed by atoms with Gasteiger partial charge < -0.3 is 25.4 Å². The summed E-state index contributed by atoms with van der Waals surface area (Å²) < 4.78 is 2.14. The van der Waals surface area contributed by atoms with E-state index >= 15 is 0 Å². The number of amides is 1. The van der Waals surface area contributed by atoms with Crippen LogP contribution in [0.25, 0.3) is 0 Å². The average Bonchev–Trinajstić information content (AvgIpc) is 3.20. The number of piperazine rings is 1. The molecular formula is C20H29IN6O. The van der Waals surface area contributed by atoms with Crippen LogP contribution in [-0.2, 0) is 17.9 Å². The van der Waals surface area contributed by atoms with E-state index in [2.05, 4.69) is 74.0 Å². The van der Waals surface area contributed by atoms with E-state index in [0.717, 1.165) is 43.4 Å². The second kappa shape index (κ2) is 11.6. The summed E-state index contributed by atoms with van der Waals surface area (Å²) in [5, 5.41) is 9.49. The number of benzene rings is 1. The Kier molecular flexibility index (Phi) is 9.12. The van der Waals surface area contributed by atoms with Gasteiger partial charge in [0.1, 0.15) is 0 Å². The van der Waals surface area contributed by atoms with E-state index in [1.165, 1.54) is 0 Å². The van der Waals surface area contributed by atoms with Gasteiger partial charge in [-0.3, -0.25) is 4.79 Å². The molecule has 7 nitrogen and oxygen atoms in total. The summed E-state index contributed by atoms with van der Waals surface area (Å²) in [6, 6.07) is 12.3. The standard InChI is InChI=1S/C20H28N6O.HI/c1-2-21-20(23-9-13-25-11-3-4-12-25)24-15-17-5-7-18(8-6-17)26-14-10-22-19(27)16-26;/h3-8,11-12H,2,9-10,13-16H2,1H3,(H,22,27)(H2,21,23,24);1H. The lowest BCUT2D eigenvalue weighted by molar-refractivity contribution is -0.120. The molecule has 0 bridgehead atoms. The van der Waals surface area contributed by atoms with Gasteiger partial charge in [0, 0.05) is 50.8 Å². The van der Waals surface area contributed by atoms with Gasteiger partial charge in [-0.2, -0.15) is 0 Å². The van der Waals surface area contributed by atoms with Gasteiger partial charge >= 0.3 is 0 Å². The van der Waals surface area contributed by atoms with E-state index in [4.69, 9.17) is 0 Å². The van der Waals surface area contributed by atoms with Gasteiger partial charge in [0.25, 0.3) is 0 Å². The van der Waals surface area contributed by atoms with Crippen LogP contribution in [0.3, 0.4) is 0 Å². The highest BCUT2D eigenvalue weighted by atomic mass is 127. The highest BCUT2D eigenvalue weighted by molar-refractivity contribution is 14.0. The van der Waals surface area contributed by atoms with Crippen molar-refractivity contribution in [2.75, 3.05) is 37.6 Å². The highest BCUT2D eigenvalue weighted by Gasteiger charge is 2.16. The van der Waals surface area contributed by atoms with Crippen LogP contribution < -0.4 is 20.9 Å². The summed E-state index contributed by atoms with van der Waals surface area (Å²) in [4.78, 5) is 18.3. The molecule has 152 valence electrons. The number of anilines is 1. The number of guanidine groups is 1. The summed E-state index contributed by atoms with van der Waals surface area (Å²) in [7, 11) is 0. The first kappa shape index (κ1) is 22.1. The molecule has 1 aromatic carbocycles. The summed E-state index contributed by atoms with van der Waals surface area (Å²) in [5.74, 6) is 0.901. The molecule has 1 saturated heterocycles. The molecule has 0 unspecified atom stereocenters. The van der Waals surface area contributed by atoms with Gasteiger partial charge in [-0.05, 0) is 36.8 Å². The number of carbonyl (C=O) groups excluding carboxylic acids is 1. The predicted octanol–water partition coefficient (Wildman–Crippen LogP) is 1.80. The third-order valence-corrected chi connectivity index (χ3v) is 4.43. The smallest absolute Gasteiger partial charge is 0.239 e. The summed E-state index contributed by atoms with van der Waals surface area (Å²) in [6.07, 6.45) is 4.11. The van der Waals surface area contributed by atoms with Crippen molar-refractivity contribution in [3.8, 4) is 0 Å². The van der Waals surface area contributed by atoms with Crippen LogP contribution >= 0.6 is 24.0 Å². The molecule has 2 aromatic rings. The van der Waals surface area contributed by atoms with E-state index in [0.29, 0.717) is 19.6 Å². The van der Waals surface area contributed by atoms with Gasteiger partial charge in [0.2, 0.25) is 5.91 Å². The topological polar surface area (TPSA) is 73.7 Å². The molecule has 0 saturated carbocycles. The molecule has 2 heterocycles. The fraction of sp³-hybridized carbons (Fsp3) is 0.400. The van der Waals surface area contributed by atoms with Gasteiger partial charge in [0.05, 0.1) is 13.1 Å². The number of carbonyl (C=O) groups is 1. The Morgan fingerprint density at radius 3 is 2.61 bits per heavy atom. The molecule has 1 amide bonds. The van der Waals surface area contributed by atoms with Crippen molar-refractivity contribution < 1.29 is 4.79 Å².